The van der Waals surface area contributed by atoms with Crippen LogP contribution in [-0.4, -0.2) is 37.9 Å². The Bertz CT molecular complexity index is 423. The van der Waals surface area contributed by atoms with E-state index in [2.05, 4.69) is 19.4 Å². The molecule has 0 fully saturated rings. The quantitative estimate of drug-likeness (QED) is 0.772. The first-order valence-corrected chi connectivity index (χ1v) is 6.04. The highest BCUT2D eigenvalue weighted by molar-refractivity contribution is 7.92. The average molecular weight is 252 g/mol. The largest absolute Gasteiger partial charge is 0.384 e. The number of hydrogen-bond donors (Lipinski definition) is 1. The highest BCUT2D eigenvalue weighted by Crippen LogP contribution is 2.07. The minimum absolute atomic E-state index is 0.0430. The third kappa shape index (κ3) is 4.41. The Morgan fingerprint density at radius 2 is 2.33 bits per heavy atom. The molecule has 0 unspecified atom stereocenters. The second-order valence-corrected chi connectivity index (χ2v) is 4.85. The fourth-order valence-corrected chi connectivity index (χ4v) is 1.77. The van der Waals surface area contributed by atoms with E-state index in [0.717, 1.165) is 0 Å². The molecule has 0 atom stereocenters. The Labute approximate surface area is 92.7 Å². The Kier molecular flexibility index (Phi) is 4.25. The number of ether oxygens (including phenoxy) is 1. The molecule has 6 nitrogen and oxygen atoms in total. The van der Waals surface area contributed by atoms with E-state index in [1.807, 2.05) is 0 Å². The first-order chi connectivity index (χ1) is 7.03. The number of nitrogens with one attached hydrogen (secondary N) is 1. The van der Waals surface area contributed by atoms with E-state index in [9.17, 15) is 8.42 Å². The molecule has 0 bridgehead atoms. The maximum atomic E-state index is 11.4. The average Bonchev–Trinajstić information content (AvgIpc) is 2.14. The van der Waals surface area contributed by atoms with Crippen LogP contribution in [0, 0.1) is 0 Å². The zero-order valence-electron chi connectivity index (χ0n) is 7.97. The predicted octanol–water partition coefficient (Wildman–Crippen LogP) is 0.518. The van der Waals surface area contributed by atoms with Gasteiger partial charge in [-0.25, -0.2) is 18.4 Å². The van der Waals surface area contributed by atoms with Gasteiger partial charge in [-0.15, -0.1) is 0 Å². The van der Waals surface area contributed by atoms with Crippen LogP contribution in [0.25, 0.3) is 0 Å². The fourth-order valence-electron chi connectivity index (χ4n) is 0.769. The predicted molar refractivity (Wildman–Crippen MR) is 56.3 cm³/mol. The van der Waals surface area contributed by atoms with Crippen molar-refractivity contribution in [3.8, 4) is 0 Å². The number of halogens is 1. The smallest absolute Gasteiger partial charge is 0.237 e. The van der Waals surface area contributed by atoms with Gasteiger partial charge < -0.3 is 4.74 Å². The lowest BCUT2D eigenvalue weighted by atomic mass is 10.7. The van der Waals surface area contributed by atoms with Gasteiger partial charge in [0.05, 0.1) is 12.4 Å². The van der Waals surface area contributed by atoms with E-state index in [0.29, 0.717) is 0 Å². The lowest BCUT2D eigenvalue weighted by molar-refractivity contribution is 0.217. The summed E-state index contributed by atoms with van der Waals surface area (Å²) in [6.45, 7) is 0.107. The number of nitrogens with zero attached hydrogens (tertiary/aromatic N) is 2. The van der Waals surface area contributed by atoms with Gasteiger partial charge in [0.15, 0.2) is 0 Å². The minimum Gasteiger partial charge on any atom is -0.384 e. The highest BCUT2D eigenvalue weighted by atomic mass is 35.5. The molecule has 1 aromatic rings. The Balaban J connectivity index is 2.69. The third-order valence-corrected chi connectivity index (χ3v) is 2.83. The number of rotatable bonds is 5. The van der Waals surface area contributed by atoms with Crippen LogP contribution in [0.15, 0.2) is 12.3 Å². The Hall–Kier alpha value is -0.920. The Morgan fingerprint density at radius 3 is 2.93 bits per heavy atom. The summed E-state index contributed by atoms with van der Waals surface area (Å²) in [5.41, 5.74) is 0. The summed E-state index contributed by atoms with van der Waals surface area (Å²) in [5.74, 6) is -0.196. The molecule has 1 heterocycles. The van der Waals surface area contributed by atoms with Gasteiger partial charge in [-0.2, -0.15) is 0 Å². The molecule has 84 valence electrons. The molecule has 0 aliphatic carbocycles. The molecular weight excluding hydrogens is 242 g/mol. The molecule has 0 radical (unpaired) electrons. The maximum absolute atomic E-state index is 11.4. The van der Waals surface area contributed by atoms with E-state index in [1.165, 1.54) is 19.4 Å². The van der Waals surface area contributed by atoms with Gasteiger partial charge in [0.25, 0.3) is 0 Å². The second kappa shape index (κ2) is 5.24. The van der Waals surface area contributed by atoms with Crippen molar-refractivity contribution in [2.24, 2.45) is 0 Å². The van der Waals surface area contributed by atoms with Gasteiger partial charge in [-0.1, -0.05) is 11.6 Å². The molecule has 0 amide bonds. The van der Waals surface area contributed by atoms with Crippen molar-refractivity contribution in [1.29, 1.82) is 0 Å². The molecular formula is C7H10ClN3O3S. The number of methoxy groups -OCH3 is 1. The fraction of sp³-hybridized carbons (Fsp3) is 0.429. The summed E-state index contributed by atoms with van der Waals surface area (Å²) in [6, 6.07) is 1.45. The lowest BCUT2D eigenvalue weighted by Crippen LogP contribution is -2.20. The molecule has 1 N–H and O–H groups in total. The summed E-state index contributed by atoms with van der Waals surface area (Å²) in [7, 11) is -2.05. The molecule has 0 saturated heterocycles. The van der Waals surface area contributed by atoms with Gasteiger partial charge >= 0.3 is 0 Å². The zero-order valence-corrected chi connectivity index (χ0v) is 9.55. The van der Waals surface area contributed by atoms with E-state index in [-0.39, 0.29) is 23.5 Å². The van der Waals surface area contributed by atoms with E-state index < -0.39 is 10.0 Å². The van der Waals surface area contributed by atoms with Gasteiger partial charge in [0, 0.05) is 13.3 Å². The van der Waals surface area contributed by atoms with Crippen molar-refractivity contribution in [1.82, 2.24) is 9.97 Å². The summed E-state index contributed by atoms with van der Waals surface area (Å²) < 4.78 is 29.5. The molecule has 0 aromatic carbocycles. The monoisotopic (exact) mass is 251 g/mol. The van der Waals surface area contributed by atoms with Gasteiger partial charge in [-0.05, 0) is 6.07 Å². The molecule has 15 heavy (non-hydrogen) atoms. The van der Waals surface area contributed by atoms with Crippen molar-refractivity contribution in [3.63, 3.8) is 0 Å². The summed E-state index contributed by atoms with van der Waals surface area (Å²) >= 11 is 5.57. The molecule has 0 aliphatic heterocycles. The van der Waals surface area contributed by atoms with Crippen LogP contribution in [0.3, 0.4) is 0 Å². The van der Waals surface area contributed by atoms with Crippen molar-refractivity contribution >= 4 is 27.6 Å². The van der Waals surface area contributed by atoms with Crippen LogP contribution in [0.4, 0.5) is 5.95 Å². The maximum Gasteiger partial charge on any atom is 0.237 e. The van der Waals surface area contributed by atoms with Crippen LogP contribution in [0.2, 0.25) is 5.15 Å². The van der Waals surface area contributed by atoms with Crippen molar-refractivity contribution in [2.45, 2.75) is 0 Å². The molecule has 8 heteroatoms. The first kappa shape index (κ1) is 12.2. The van der Waals surface area contributed by atoms with E-state index in [1.54, 1.807) is 0 Å². The van der Waals surface area contributed by atoms with Crippen LogP contribution in [-0.2, 0) is 14.8 Å². The van der Waals surface area contributed by atoms with Gasteiger partial charge in [0.1, 0.15) is 5.15 Å². The standard InChI is InChI=1S/C7H10ClN3O3S/c1-14-4-5-15(12,13)11-7-9-3-2-6(8)10-7/h2-3H,4-5H2,1H3,(H,9,10,11). The second-order valence-electron chi connectivity index (χ2n) is 2.62. The van der Waals surface area contributed by atoms with E-state index >= 15 is 0 Å². The van der Waals surface area contributed by atoms with Crippen LogP contribution in [0.5, 0.6) is 0 Å². The van der Waals surface area contributed by atoms with E-state index in [4.69, 9.17) is 11.6 Å². The number of hydrogen-bond acceptors (Lipinski definition) is 5. The zero-order chi connectivity index (χ0) is 11.3. The summed E-state index contributed by atoms with van der Waals surface area (Å²) in [5, 5.41) is 0.175. The van der Waals surface area contributed by atoms with Crippen molar-refractivity contribution < 1.29 is 13.2 Å². The van der Waals surface area contributed by atoms with Crippen LogP contribution >= 0.6 is 11.6 Å². The number of aromatic nitrogens is 2. The first-order valence-electron chi connectivity index (χ1n) is 4.01. The molecule has 0 aliphatic rings. The van der Waals surface area contributed by atoms with Crippen LogP contribution in [0.1, 0.15) is 0 Å². The SMILES string of the molecule is COCCS(=O)(=O)Nc1nccc(Cl)n1. The summed E-state index contributed by atoms with van der Waals surface area (Å²) in [6.07, 6.45) is 1.36. The van der Waals surface area contributed by atoms with Gasteiger partial charge in [0.2, 0.25) is 16.0 Å². The molecule has 1 rings (SSSR count). The Morgan fingerprint density at radius 1 is 1.60 bits per heavy atom. The van der Waals surface area contributed by atoms with Crippen molar-refractivity contribution in [2.75, 3.05) is 24.2 Å². The van der Waals surface area contributed by atoms with Gasteiger partial charge in [-0.3, -0.25) is 4.72 Å². The minimum atomic E-state index is -3.47. The lowest BCUT2D eigenvalue weighted by Gasteiger charge is -2.05. The van der Waals surface area contributed by atoms with Crippen molar-refractivity contribution in [3.05, 3.63) is 17.4 Å². The number of sulfonamides is 1. The number of anilines is 1. The summed E-state index contributed by atoms with van der Waals surface area (Å²) in [4.78, 5) is 7.40. The topological polar surface area (TPSA) is 81.2 Å². The third-order valence-electron chi connectivity index (χ3n) is 1.42. The molecule has 0 spiro atoms. The normalized spacial score (nSPS) is 11.3. The molecule has 0 saturated carbocycles. The molecule has 1 aromatic heterocycles. The van der Waals surface area contributed by atoms with Crippen LogP contribution < -0.4 is 4.72 Å². The highest BCUT2D eigenvalue weighted by Gasteiger charge is 2.11.